The van der Waals surface area contributed by atoms with Gasteiger partial charge in [-0.15, -0.1) is 0 Å². The summed E-state index contributed by atoms with van der Waals surface area (Å²) >= 11 is 0. The Morgan fingerprint density at radius 2 is 1.73 bits per heavy atom. The molecule has 1 aromatic heterocycles. The number of benzene rings is 3. The Morgan fingerprint density at radius 1 is 1.00 bits per heavy atom. The number of aromatic nitrogens is 1. The van der Waals surface area contributed by atoms with Crippen LogP contribution in [0.5, 0.6) is 23.0 Å². The van der Waals surface area contributed by atoms with Gasteiger partial charge in [-0.05, 0) is 66.8 Å². The Bertz CT molecular complexity index is 1390. The lowest BCUT2D eigenvalue weighted by Gasteiger charge is -2.14. The van der Waals surface area contributed by atoms with Crippen molar-refractivity contribution in [1.82, 2.24) is 4.98 Å². The highest BCUT2D eigenvalue weighted by atomic mass is 19.1. The fourth-order valence-electron chi connectivity index (χ4n) is 3.52. The van der Waals surface area contributed by atoms with Crippen molar-refractivity contribution in [3.8, 4) is 23.0 Å². The molecule has 9 heteroatoms. The highest BCUT2D eigenvalue weighted by molar-refractivity contribution is 5.88. The van der Waals surface area contributed by atoms with Gasteiger partial charge >= 0.3 is 0 Å². The summed E-state index contributed by atoms with van der Waals surface area (Å²) in [5.41, 5.74) is 2.20. The molecule has 4 aromatic rings. The van der Waals surface area contributed by atoms with Crippen LogP contribution in [-0.4, -0.2) is 30.2 Å². The normalized spacial score (nSPS) is 13.2. The average Bonchev–Trinajstić information content (AvgIpc) is 3.63. The first-order valence-electron chi connectivity index (χ1n) is 11.6. The van der Waals surface area contributed by atoms with Crippen molar-refractivity contribution in [2.45, 2.75) is 19.8 Å². The van der Waals surface area contributed by atoms with Crippen molar-refractivity contribution >= 4 is 28.7 Å². The summed E-state index contributed by atoms with van der Waals surface area (Å²) in [4.78, 5) is 14.1. The predicted molar refractivity (Wildman–Crippen MR) is 138 cm³/mol. The van der Waals surface area contributed by atoms with Crippen LogP contribution in [-0.2, 0) is 4.79 Å². The molecule has 7 nitrogen and oxygen atoms in total. The number of hydrogen-bond acceptors (Lipinski definition) is 6. The molecule has 0 saturated heterocycles. The van der Waals surface area contributed by atoms with Crippen LogP contribution in [0.1, 0.15) is 19.8 Å². The van der Waals surface area contributed by atoms with Gasteiger partial charge in [0.25, 0.3) is 0 Å². The summed E-state index contributed by atoms with van der Waals surface area (Å²) < 4.78 is 37.7. The lowest BCUT2D eigenvalue weighted by atomic mass is 10.1. The molecule has 1 aliphatic carbocycles. The molecule has 5 rings (SSSR count). The zero-order valence-electron chi connectivity index (χ0n) is 20.4. The summed E-state index contributed by atoms with van der Waals surface area (Å²) in [6.07, 6.45) is 4.51. The van der Waals surface area contributed by atoms with Crippen molar-refractivity contribution < 1.29 is 28.2 Å². The lowest BCUT2D eigenvalue weighted by Crippen LogP contribution is -2.11. The first kappa shape index (κ1) is 25.7. The van der Waals surface area contributed by atoms with Crippen molar-refractivity contribution in [3.63, 3.8) is 0 Å². The third-order valence-corrected chi connectivity index (χ3v) is 6.05. The number of anilines is 2. The van der Waals surface area contributed by atoms with Crippen LogP contribution in [0, 0.1) is 17.0 Å². The number of halogens is 2. The summed E-state index contributed by atoms with van der Waals surface area (Å²) in [6, 6.07) is 15.2. The average molecular weight is 508 g/mol. The quantitative estimate of drug-likeness (QED) is 0.236. The molecule has 3 N–H and O–H groups in total. The minimum absolute atomic E-state index is 0.0133. The molecule has 1 aliphatic rings. The van der Waals surface area contributed by atoms with E-state index in [1.807, 2.05) is 0 Å². The fourth-order valence-corrected chi connectivity index (χ4v) is 3.52. The summed E-state index contributed by atoms with van der Waals surface area (Å²) in [7, 11) is 1.46. The Kier molecular flexibility index (Phi) is 7.71. The molecule has 1 fully saturated rings. The zero-order chi connectivity index (χ0) is 26.4. The number of nitrogens with zero attached hydrogens (tertiary/aromatic N) is 1. The summed E-state index contributed by atoms with van der Waals surface area (Å²) in [6.45, 7) is 3.05. The number of nitrogens with one attached hydrogen (secondary N) is 2. The molecule has 0 spiro atoms. The number of methoxy groups -OCH3 is 1. The van der Waals surface area contributed by atoms with Crippen LogP contribution in [0.3, 0.4) is 0 Å². The monoisotopic (exact) mass is 507 g/mol. The van der Waals surface area contributed by atoms with E-state index in [0.29, 0.717) is 39.9 Å². The van der Waals surface area contributed by atoms with Gasteiger partial charge in [0.1, 0.15) is 11.6 Å². The van der Waals surface area contributed by atoms with E-state index in [1.54, 1.807) is 30.5 Å². The van der Waals surface area contributed by atoms with Crippen molar-refractivity contribution in [1.29, 1.82) is 0 Å². The van der Waals surface area contributed by atoms with Crippen LogP contribution in [0.2, 0.25) is 0 Å². The van der Waals surface area contributed by atoms with Gasteiger partial charge in [-0.2, -0.15) is 0 Å². The number of pyridine rings is 1. The highest BCUT2D eigenvalue weighted by Crippen LogP contribution is 2.45. The van der Waals surface area contributed by atoms with Crippen LogP contribution < -0.4 is 20.1 Å². The van der Waals surface area contributed by atoms with Crippen molar-refractivity contribution in [2.75, 3.05) is 24.3 Å². The molecule has 1 heterocycles. The predicted octanol–water partition coefficient (Wildman–Crippen LogP) is 6.49. The molecule has 0 radical (unpaired) electrons. The van der Waals surface area contributed by atoms with Gasteiger partial charge in [-0.25, -0.2) is 8.78 Å². The van der Waals surface area contributed by atoms with Gasteiger partial charge in [0.05, 0.1) is 12.6 Å². The van der Waals surface area contributed by atoms with E-state index < -0.39 is 5.82 Å². The van der Waals surface area contributed by atoms with E-state index in [9.17, 15) is 18.7 Å². The number of fused-ring (bicyclic) bond motifs is 1. The third kappa shape index (κ3) is 6.63. The number of ether oxygens (including phenoxy) is 2. The zero-order valence-corrected chi connectivity index (χ0v) is 20.4. The molecule has 0 bridgehead atoms. The minimum Gasteiger partial charge on any atom is -0.504 e. The van der Waals surface area contributed by atoms with Gasteiger partial charge in [0, 0.05) is 41.6 Å². The summed E-state index contributed by atoms with van der Waals surface area (Å²) in [5, 5.41) is 16.2. The Labute approximate surface area is 213 Å². The van der Waals surface area contributed by atoms with Crippen LogP contribution in [0.25, 0.3) is 10.9 Å². The molecular weight excluding hydrogens is 480 g/mol. The molecule has 192 valence electrons. The maximum atomic E-state index is 14.5. The number of rotatable bonds is 8. The second-order valence-corrected chi connectivity index (χ2v) is 9.03. The standard InChI is InChI=1S/C21H21FN2O3.C7H6FNO/c1-21(6-7-21)12-24-13-3-4-19(15(22)9-13)27-18-5-8-23-16-11-17(25)20(26-2)10-14(16)18;8-6-1-3-7(4-2-6)9-5-10/h3-5,8-11,24-25H,6-7,12H2,1-2H3;1-5H,(H,9,10). The smallest absolute Gasteiger partial charge is 0.211 e. The number of amides is 1. The number of aromatic hydroxyl groups is 1. The highest BCUT2D eigenvalue weighted by Gasteiger charge is 2.36. The van der Waals surface area contributed by atoms with E-state index >= 15 is 0 Å². The molecule has 1 saturated carbocycles. The molecule has 37 heavy (non-hydrogen) atoms. The number of carbonyl (C=O) groups excluding carboxylic acids is 1. The second-order valence-electron chi connectivity index (χ2n) is 9.03. The maximum Gasteiger partial charge on any atom is 0.211 e. The third-order valence-electron chi connectivity index (χ3n) is 6.05. The Balaban J connectivity index is 0.000000270. The molecule has 0 unspecified atom stereocenters. The van der Waals surface area contributed by atoms with E-state index in [4.69, 9.17) is 9.47 Å². The number of phenolic OH excluding ortho intramolecular Hbond substituents is 1. The van der Waals surface area contributed by atoms with E-state index in [1.165, 1.54) is 56.3 Å². The molecule has 3 aromatic carbocycles. The number of carbonyl (C=O) groups is 1. The number of hydrogen-bond donors (Lipinski definition) is 3. The summed E-state index contributed by atoms with van der Waals surface area (Å²) in [5.74, 6) is 0.0868. The van der Waals surface area contributed by atoms with Crippen molar-refractivity contribution in [3.05, 3.63) is 78.5 Å². The van der Waals surface area contributed by atoms with Gasteiger partial charge in [-0.1, -0.05) is 6.92 Å². The maximum absolute atomic E-state index is 14.5. The van der Waals surface area contributed by atoms with Crippen LogP contribution >= 0.6 is 0 Å². The lowest BCUT2D eigenvalue weighted by molar-refractivity contribution is -0.105. The minimum atomic E-state index is -0.448. The fraction of sp³-hybridized carbons (Fsp3) is 0.214. The Morgan fingerprint density at radius 3 is 2.38 bits per heavy atom. The van der Waals surface area contributed by atoms with Gasteiger partial charge in [-0.3, -0.25) is 9.78 Å². The number of phenols is 1. The van der Waals surface area contributed by atoms with Crippen LogP contribution in [0.15, 0.2) is 66.9 Å². The van der Waals surface area contributed by atoms with Gasteiger partial charge in [0.2, 0.25) is 6.41 Å². The first-order chi connectivity index (χ1) is 17.8. The molecule has 1 amide bonds. The van der Waals surface area contributed by atoms with Gasteiger partial charge < -0.3 is 25.2 Å². The molecule has 0 atom stereocenters. The Hall–Kier alpha value is -4.40. The SMILES string of the molecule is COc1cc2c(Oc3ccc(NCC4(C)CC4)cc3F)ccnc2cc1O.O=CNc1ccc(F)cc1. The van der Waals surface area contributed by atoms with Crippen molar-refractivity contribution in [2.24, 2.45) is 5.41 Å². The molecule has 0 aliphatic heterocycles. The van der Waals surface area contributed by atoms with E-state index in [2.05, 4.69) is 22.5 Å². The van der Waals surface area contributed by atoms with Gasteiger partial charge in [0.15, 0.2) is 23.1 Å². The molecular formula is C28H27F2N3O4. The second kappa shape index (κ2) is 11.1. The van der Waals surface area contributed by atoms with Crippen LogP contribution in [0.4, 0.5) is 20.2 Å². The largest absolute Gasteiger partial charge is 0.504 e. The van der Waals surface area contributed by atoms with E-state index in [0.717, 1.165) is 12.2 Å². The van der Waals surface area contributed by atoms with E-state index in [-0.39, 0.29) is 17.3 Å². The first-order valence-corrected chi connectivity index (χ1v) is 11.6. The topological polar surface area (TPSA) is 92.7 Å².